The fraction of sp³-hybridized carbons (Fsp3) is 0.586. The number of benzene rings is 1. The molecule has 4 amide bonds. The summed E-state index contributed by atoms with van der Waals surface area (Å²) in [6.45, 7) is 1.01. The summed E-state index contributed by atoms with van der Waals surface area (Å²) in [6.07, 6.45) is 2.76. The van der Waals surface area contributed by atoms with Crippen molar-refractivity contribution >= 4 is 58.8 Å². The molecule has 15 heteroatoms. The third kappa shape index (κ3) is 13.4. The smallest absolute Gasteiger partial charge is 0.326 e. The molecule has 1 aliphatic rings. The van der Waals surface area contributed by atoms with Crippen molar-refractivity contribution in [2.45, 2.75) is 82.5 Å². The van der Waals surface area contributed by atoms with Crippen LogP contribution in [0.15, 0.2) is 24.3 Å². The van der Waals surface area contributed by atoms with E-state index in [4.69, 9.17) is 15.6 Å². The van der Waals surface area contributed by atoms with Gasteiger partial charge in [-0.1, -0.05) is 18.2 Å². The van der Waals surface area contributed by atoms with Crippen LogP contribution in [0.4, 0.5) is 4.79 Å². The highest BCUT2D eigenvalue weighted by Gasteiger charge is 2.29. The Morgan fingerprint density at radius 2 is 1.68 bits per heavy atom. The van der Waals surface area contributed by atoms with Crippen molar-refractivity contribution in [1.29, 1.82) is 0 Å². The van der Waals surface area contributed by atoms with E-state index in [1.807, 2.05) is 24.3 Å². The number of halogens is 1. The first-order valence-electron chi connectivity index (χ1n) is 14.7. The van der Waals surface area contributed by atoms with E-state index in [2.05, 4.69) is 43.9 Å². The van der Waals surface area contributed by atoms with Crippen molar-refractivity contribution in [3.05, 3.63) is 33.4 Å². The number of aliphatic carboxylic acids is 2. The monoisotopic (exact) mass is 731 g/mol. The lowest BCUT2D eigenvalue weighted by Gasteiger charge is -2.28. The number of unbranched alkanes of at least 4 members (excludes halogenated alkanes) is 1. The summed E-state index contributed by atoms with van der Waals surface area (Å²) >= 11 is 2.20. The number of carbonyl (C=O) groups excluding carboxylic acids is 4. The highest BCUT2D eigenvalue weighted by atomic mass is 127. The fourth-order valence-corrected chi connectivity index (χ4v) is 5.55. The van der Waals surface area contributed by atoms with Crippen LogP contribution < -0.4 is 27.0 Å². The predicted molar refractivity (Wildman–Crippen MR) is 167 cm³/mol. The lowest BCUT2D eigenvalue weighted by Crippen LogP contribution is -2.50. The molecule has 2 rings (SSSR count). The molecule has 1 aromatic rings. The van der Waals surface area contributed by atoms with Gasteiger partial charge in [-0.15, -0.1) is 0 Å². The van der Waals surface area contributed by atoms with Crippen LogP contribution in [0.1, 0.15) is 63.4 Å². The molecule has 0 aliphatic heterocycles. The maximum Gasteiger partial charge on any atom is 0.326 e. The van der Waals surface area contributed by atoms with Gasteiger partial charge in [-0.2, -0.15) is 0 Å². The van der Waals surface area contributed by atoms with Crippen LogP contribution in [0, 0.1) is 15.4 Å². The molecule has 0 saturated heterocycles. The number of carboxylic acids is 2. The Hall–Kier alpha value is -3.47. The van der Waals surface area contributed by atoms with Crippen molar-refractivity contribution in [3.63, 3.8) is 0 Å². The summed E-state index contributed by atoms with van der Waals surface area (Å²) < 4.78 is 5.86. The SMILES string of the molecule is NC[C@H]1CC[C@H](C(=O)N[C@@H](Cc2ccccc2I)C(=O)NCCCC[C@H](NC(=O)N[C@@H](CCC(=O)O)C(=O)O)OC=O)CC1. The van der Waals surface area contributed by atoms with Gasteiger partial charge in [0, 0.05) is 35.3 Å². The highest BCUT2D eigenvalue weighted by Crippen LogP contribution is 2.28. The Kier molecular flexibility index (Phi) is 16.5. The first-order chi connectivity index (χ1) is 21.0. The largest absolute Gasteiger partial charge is 0.481 e. The number of amides is 4. The number of nitrogens with one attached hydrogen (secondary N) is 4. The molecular weight excluding hydrogens is 689 g/mol. The molecule has 1 saturated carbocycles. The molecule has 3 atom stereocenters. The van der Waals surface area contributed by atoms with Crippen molar-refractivity contribution in [1.82, 2.24) is 21.3 Å². The number of hydrogen-bond donors (Lipinski definition) is 7. The zero-order valence-electron chi connectivity index (χ0n) is 24.5. The van der Waals surface area contributed by atoms with Gasteiger partial charge in [-0.3, -0.25) is 19.2 Å². The molecule has 0 radical (unpaired) electrons. The van der Waals surface area contributed by atoms with E-state index in [1.165, 1.54) is 0 Å². The van der Waals surface area contributed by atoms with Gasteiger partial charge >= 0.3 is 18.0 Å². The molecule has 1 aliphatic carbocycles. The fourth-order valence-electron chi connectivity index (χ4n) is 4.95. The van der Waals surface area contributed by atoms with Crippen LogP contribution in [0.2, 0.25) is 0 Å². The predicted octanol–water partition coefficient (Wildman–Crippen LogP) is 1.49. The Labute approximate surface area is 269 Å². The van der Waals surface area contributed by atoms with Crippen LogP contribution in [0.5, 0.6) is 0 Å². The number of carbonyl (C=O) groups is 6. The van der Waals surface area contributed by atoms with Crippen LogP contribution in [0.25, 0.3) is 0 Å². The second-order valence-electron chi connectivity index (χ2n) is 10.8. The lowest BCUT2D eigenvalue weighted by molar-refractivity contribution is -0.141. The van der Waals surface area contributed by atoms with E-state index in [1.54, 1.807) is 0 Å². The van der Waals surface area contributed by atoms with Crippen LogP contribution in [-0.4, -0.2) is 77.9 Å². The summed E-state index contributed by atoms with van der Waals surface area (Å²) in [5.41, 5.74) is 6.71. The van der Waals surface area contributed by atoms with Gasteiger partial charge < -0.3 is 42.0 Å². The normalized spacial score (nSPS) is 18.1. The number of ether oxygens (including phenoxy) is 1. The number of nitrogens with two attached hydrogens (primary N) is 1. The van der Waals surface area contributed by atoms with Gasteiger partial charge in [0.2, 0.25) is 11.8 Å². The molecule has 244 valence electrons. The zero-order chi connectivity index (χ0) is 32.5. The Balaban J connectivity index is 1.88. The lowest BCUT2D eigenvalue weighted by atomic mass is 9.81. The van der Waals surface area contributed by atoms with E-state index >= 15 is 0 Å². The number of urea groups is 1. The van der Waals surface area contributed by atoms with Gasteiger partial charge in [-0.25, -0.2) is 9.59 Å². The molecular formula is C29H42IN5O9. The van der Waals surface area contributed by atoms with Gasteiger partial charge in [0.15, 0.2) is 6.23 Å². The van der Waals surface area contributed by atoms with E-state index in [-0.39, 0.29) is 43.6 Å². The molecule has 0 spiro atoms. The maximum absolute atomic E-state index is 13.2. The Bertz CT molecular complexity index is 1130. The Morgan fingerprint density at radius 3 is 2.30 bits per heavy atom. The van der Waals surface area contributed by atoms with Crippen LogP contribution in [0.3, 0.4) is 0 Å². The quantitative estimate of drug-likeness (QED) is 0.0470. The summed E-state index contributed by atoms with van der Waals surface area (Å²) in [4.78, 5) is 71.5. The average Bonchev–Trinajstić information content (AvgIpc) is 2.99. The van der Waals surface area contributed by atoms with E-state index < -0.39 is 42.7 Å². The Morgan fingerprint density at radius 1 is 0.977 bits per heavy atom. The third-order valence-corrected chi connectivity index (χ3v) is 8.57. The van der Waals surface area contributed by atoms with E-state index in [0.717, 1.165) is 34.8 Å². The minimum Gasteiger partial charge on any atom is -0.481 e. The van der Waals surface area contributed by atoms with E-state index in [9.17, 15) is 33.9 Å². The summed E-state index contributed by atoms with van der Waals surface area (Å²) in [5, 5.41) is 28.3. The zero-order valence-corrected chi connectivity index (χ0v) is 26.6. The van der Waals surface area contributed by atoms with Gasteiger partial charge in [0.25, 0.3) is 6.47 Å². The molecule has 1 aromatic carbocycles. The topological polar surface area (TPSA) is 226 Å². The molecule has 0 aromatic heterocycles. The van der Waals surface area contributed by atoms with E-state index in [0.29, 0.717) is 31.7 Å². The molecule has 0 unspecified atom stereocenters. The summed E-state index contributed by atoms with van der Waals surface area (Å²) in [5.74, 6) is -2.81. The highest BCUT2D eigenvalue weighted by molar-refractivity contribution is 14.1. The van der Waals surface area contributed by atoms with Crippen LogP contribution >= 0.6 is 22.6 Å². The number of rotatable bonds is 19. The van der Waals surface area contributed by atoms with Crippen LogP contribution in [-0.2, 0) is 35.1 Å². The molecule has 14 nitrogen and oxygen atoms in total. The summed E-state index contributed by atoms with van der Waals surface area (Å²) in [6, 6.07) is 4.49. The summed E-state index contributed by atoms with van der Waals surface area (Å²) in [7, 11) is 0. The third-order valence-electron chi connectivity index (χ3n) is 7.52. The van der Waals surface area contributed by atoms with Crippen molar-refractivity contribution in [2.75, 3.05) is 13.1 Å². The molecule has 44 heavy (non-hydrogen) atoms. The van der Waals surface area contributed by atoms with Gasteiger partial charge in [-0.05, 0) is 91.6 Å². The maximum atomic E-state index is 13.2. The van der Waals surface area contributed by atoms with Gasteiger partial charge in [0.05, 0.1) is 0 Å². The van der Waals surface area contributed by atoms with Crippen molar-refractivity contribution in [3.8, 4) is 0 Å². The first kappa shape index (κ1) is 36.7. The molecule has 1 fully saturated rings. The van der Waals surface area contributed by atoms with Crippen molar-refractivity contribution in [2.24, 2.45) is 17.6 Å². The minimum atomic E-state index is -1.44. The molecule has 8 N–H and O–H groups in total. The molecule has 0 heterocycles. The second-order valence-corrected chi connectivity index (χ2v) is 11.9. The van der Waals surface area contributed by atoms with Gasteiger partial charge in [0.1, 0.15) is 12.1 Å². The number of hydrogen-bond acceptors (Lipinski definition) is 8. The minimum absolute atomic E-state index is 0.141. The molecule has 0 bridgehead atoms. The first-order valence-corrected chi connectivity index (χ1v) is 15.7. The second kappa shape index (κ2) is 19.7. The number of carboxylic acid groups (broad SMARTS) is 2. The standard InChI is InChI=1S/C29H42IN5O9/c30-21-6-2-1-5-20(21)15-23(33-26(39)19-10-8-18(16-31)9-11-19)27(40)32-14-4-3-7-24(44-17-36)35-29(43)34-22(28(41)42)12-13-25(37)38/h1-2,5-6,17-19,22-24H,3-4,7-16,31H2,(H,32,40)(H,33,39)(H,37,38)(H,41,42)(H2,34,35,43)/t18-,19-,22-,23-,24+/m0/s1. The average molecular weight is 732 g/mol. The van der Waals surface area contributed by atoms with Crippen molar-refractivity contribution < 1.29 is 43.7 Å².